The predicted octanol–water partition coefficient (Wildman–Crippen LogP) is 4.19. The summed E-state index contributed by atoms with van der Waals surface area (Å²) in [6.45, 7) is 8.79. The van der Waals surface area contributed by atoms with Crippen LogP contribution in [0.3, 0.4) is 0 Å². The number of thiophene rings is 1. The number of hydrogen-bond acceptors (Lipinski definition) is 6. The van der Waals surface area contributed by atoms with Crippen molar-refractivity contribution in [2.45, 2.75) is 39.7 Å². The molecule has 0 bridgehead atoms. The molecule has 25 heavy (non-hydrogen) atoms. The van der Waals surface area contributed by atoms with E-state index in [9.17, 15) is 5.11 Å². The van der Waals surface area contributed by atoms with E-state index in [1.54, 1.807) is 27.2 Å². The SMILES string of the molecule is CCc1nc2sc([C@H](c3cccs3)N3C[C@@H](C)C[C@H](C)C3)c(O)n2n1. The summed E-state index contributed by atoms with van der Waals surface area (Å²) in [6, 6.07) is 4.35. The Kier molecular flexibility index (Phi) is 4.56. The maximum absolute atomic E-state index is 10.9. The van der Waals surface area contributed by atoms with Crippen molar-refractivity contribution in [1.82, 2.24) is 19.5 Å². The van der Waals surface area contributed by atoms with Crippen LogP contribution >= 0.6 is 22.7 Å². The third kappa shape index (κ3) is 3.09. The van der Waals surface area contributed by atoms with Crippen LogP contribution in [0.15, 0.2) is 17.5 Å². The summed E-state index contributed by atoms with van der Waals surface area (Å²) in [7, 11) is 0. The van der Waals surface area contributed by atoms with E-state index in [2.05, 4.69) is 46.3 Å². The molecule has 134 valence electrons. The highest BCUT2D eigenvalue weighted by Gasteiger charge is 2.34. The predicted molar refractivity (Wildman–Crippen MR) is 103 cm³/mol. The fourth-order valence-corrected chi connectivity index (χ4v) is 6.03. The number of rotatable bonds is 4. The molecule has 0 unspecified atom stereocenters. The Balaban J connectivity index is 1.78. The van der Waals surface area contributed by atoms with Gasteiger partial charge in [-0.25, -0.2) is 4.98 Å². The molecular formula is C18H24N4OS2. The molecule has 0 radical (unpaired) electrons. The van der Waals surface area contributed by atoms with E-state index >= 15 is 0 Å². The Hall–Kier alpha value is -1.44. The maximum Gasteiger partial charge on any atom is 0.230 e. The average molecular weight is 377 g/mol. The third-order valence-electron chi connectivity index (χ3n) is 4.88. The zero-order chi connectivity index (χ0) is 17.6. The Bertz CT molecular complexity index is 844. The normalized spacial score (nSPS) is 23.3. The summed E-state index contributed by atoms with van der Waals surface area (Å²) >= 11 is 3.32. The molecule has 4 heterocycles. The molecule has 3 aromatic heterocycles. The first-order chi connectivity index (χ1) is 12.1. The van der Waals surface area contributed by atoms with Gasteiger partial charge in [0.1, 0.15) is 0 Å². The number of likely N-dealkylation sites (tertiary alicyclic amines) is 1. The minimum atomic E-state index is 0.0868. The molecule has 1 N–H and O–H groups in total. The average Bonchev–Trinajstić information content (AvgIpc) is 3.27. The molecule has 1 aliphatic heterocycles. The minimum absolute atomic E-state index is 0.0868. The van der Waals surface area contributed by atoms with Crippen LogP contribution in [0.2, 0.25) is 0 Å². The fourth-order valence-electron chi connectivity index (χ4n) is 3.96. The molecule has 1 saturated heterocycles. The lowest BCUT2D eigenvalue weighted by Gasteiger charge is -2.39. The molecule has 4 rings (SSSR count). The van der Waals surface area contributed by atoms with E-state index in [-0.39, 0.29) is 11.9 Å². The van der Waals surface area contributed by atoms with Gasteiger partial charge in [0.05, 0.1) is 10.9 Å². The lowest BCUT2D eigenvalue weighted by Crippen LogP contribution is -2.41. The second-order valence-corrected chi connectivity index (χ2v) is 9.17. The number of nitrogens with zero attached hydrogens (tertiary/aromatic N) is 4. The molecule has 7 heteroatoms. The van der Waals surface area contributed by atoms with Crippen molar-refractivity contribution in [2.24, 2.45) is 11.8 Å². The van der Waals surface area contributed by atoms with Crippen molar-refractivity contribution in [3.05, 3.63) is 33.1 Å². The standard InChI is InChI=1S/C18H24N4OS2/c1-4-14-19-18-22(20-14)17(23)16(25-18)15(13-6-5-7-24-13)21-9-11(2)8-12(3)10-21/h5-7,11-12,15,23H,4,8-10H2,1-3H3/t11-,12-,15-/m0/s1. The molecule has 5 nitrogen and oxygen atoms in total. The summed E-state index contributed by atoms with van der Waals surface area (Å²) in [5.74, 6) is 2.36. The molecule has 3 aromatic rings. The molecule has 1 aliphatic rings. The van der Waals surface area contributed by atoms with Crippen molar-refractivity contribution in [3.63, 3.8) is 0 Å². The van der Waals surface area contributed by atoms with Gasteiger partial charge in [-0.15, -0.1) is 16.4 Å². The first kappa shape index (κ1) is 17.0. The van der Waals surface area contributed by atoms with Gasteiger partial charge in [-0.3, -0.25) is 4.90 Å². The van der Waals surface area contributed by atoms with Gasteiger partial charge in [0.15, 0.2) is 5.82 Å². The third-order valence-corrected chi connectivity index (χ3v) is 6.88. The topological polar surface area (TPSA) is 53.7 Å². The molecular weight excluding hydrogens is 352 g/mol. The van der Waals surface area contributed by atoms with Gasteiger partial charge in [-0.05, 0) is 29.7 Å². The first-order valence-corrected chi connectivity index (χ1v) is 10.6. The summed E-state index contributed by atoms with van der Waals surface area (Å²) in [5.41, 5.74) is 0. The van der Waals surface area contributed by atoms with Gasteiger partial charge < -0.3 is 5.11 Å². The number of piperidine rings is 1. The van der Waals surface area contributed by atoms with Crippen LogP contribution in [0.4, 0.5) is 0 Å². The van der Waals surface area contributed by atoms with E-state index in [1.165, 1.54) is 11.3 Å². The van der Waals surface area contributed by atoms with Crippen LogP contribution in [0.5, 0.6) is 5.88 Å². The molecule has 1 fully saturated rings. The van der Waals surface area contributed by atoms with Crippen LogP contribution in [0.25, 0.3) is 4.96 Å². The number of aryl methyl sites for hydroxylation is 1. The van der Waals surface area contributed by atoms with Gasteiger partial charge in [0.2, 0.25) is 10.8 Å². The van der Waals surface area contributed by atoms with Crippen molar-refractivity contribution in [3.8, 4) is 5.88 Å². The maximum atomic E-state index is 10.9. The Morgan fingerprint density at radius 1 is 1.32 bits per heavy atom. The summed E-state index contributed by atoms with van der Waals surface area (Å²) in [4.78, 5) is 10.1. The van der Waals surface area contributed by atoms with Crippen LogP contribution in [-0.4, -0.2) is 37.7 Å². The fraction of sp³-hybridized carbons (Fsp3) is 0.556. The number of fused-ring (bicyclic) bond motifs is 1. The number of aromatic hydroxyl groups is 1. The highest BCUT2D eigenvalue weighted by atomic mass is 32.1. The molecule has 0 saturated carbocycles. The number of thiazole rings is 1. The zero-order valence-corrected chi connectivity index (χ0v) is 16.5. The van der Waals surface area contributed by atoms with E-state index < -0.39 is 0 Å². The Labute approximate surface area is 155 Å². The number of hydrogen-bond donors (Lipinski definition) is 1. The molecule has 3 atom stereocenters. The quantitative estimate of drug-likeness (QED) is 0.742. The molecule has 0 amide bonds. The lowest BCUT2D eigenvalue weighted by molar-refractivity contribution is 0.113. The first-order valence-electron chi connectivity index (χ1n) is 8.91. The van der Waals surface area contributed by atoms with Gasteiger partial charge in [-0.1, -0.05) is 38.2 Å². The summed E-state index contributed by atoms with van der Waals surface area (Å²) in [6.07, 6.45) is 2.05. The lowest BCUT2D eigenvalue weighted by atomic mass is 9.90. The minimum Gasteiger partial charge on any atom is -0.492 e. The van der Waals surface area contributed by atoms with E-state index in [0.717, 1.165) is 35.2 Å². The van der Waals surface area contributed by atoms with Crippen molar-refractivity contribution < 1.29 is 5.11 Å². The molecule has 0 aromatic carbocycles. The second kappa shape index (κ2) is 6.70. The second-order valence-electron chi connectivity index (χ2n) is 7.18. The molecule has 0 aliphatic carbocycles. The van der Waals surface area contributed by atoms with Crippen molar-refractivity contribution in [2.75, 3.05) is 13.1 Å². The van der Waals surface area contributed by atoms with Crippen LogP contribution in [0.1, 0.15) is 48.8 Å². The highest BCUT2D eigenvalue weighted by molar-refractivity contribution is 7.17. The van der Waals surface area contributed by atoms with Gasteiger partial charge in [0.25, 0.3) is 0 Å². The Morgan fingerprint density at radius 2 is 2.08 bits per heavy atom. The van der Waals surface area contributed by atoms with Gasteiger partial charge >= 0.3 is 0 Å². The van der Waals surface area contributed by atoms with Crippen LogP contribution in [0, 0.1) is 11.8 Å². The van der Waals surface area contributed by atoms with E-state index in [4.69, 9.17) is 0 Å². The highest BCUT2D eigenvalue weighted by Crippen LogP contribution is 2.43. The molecule has 0 spiro atoms. The van der Waals surface area contributed by atoms with E-state index in [1.807, 2.05) is 6.92 Å². The smallest absolute Gasteiger partial charge is 0.230 e. The largest absolute Gasteiger partial charge is 0.492 e. The number of aromatic nitrogens is 3. The summed E-state index contributed by atoms with van der Waals surface area (Å²) < 4.78 is 1.61. The zero-order valence-electron chi connectivity index (χ0n) is 14.8. The van der Waals surface area contributed by atoms with Crippen molar-refractivity contribution in [1.29, 1.82) is 0 Å². The van der Waals surface area contributed by atoms with E-state index in [0.29, 0.717) is 11.8 Å². The summed E-state index contributed by atoms with van der Waals surface area (Å²) in [5, 5.41) is 17.4. The monoisotopic (exact) mass is 376 g/mol. The Morgan fingerprint density at radius 3 is 2.68 bits per heavy atom. The van der Waals surface area contributed by atoms with Gasteiger partial charge in [-0.2, -0.15) is 4.52 Å². The van der Waals surface area contributed by atoms with Crippen molar-refractivity contribution >= 4 is 27.6 Å². The van der Waals surface area contributed by atoms with Crippen LogP contribution in [-0.2, 0) is 6.42 Å². The van der Waals surface area contributed by atoms with Crippen LogP contribution < -0.4 is 0 Å². The van der Waals surface area contributed by atoms with Gasteiger partial charge in [0, 0.05) is 24.4 Å².